The Hall–Kier alpha value is -0.0800. The van der Waals surface area contributed by atoms with Gasteiger partial charge in [0.25, 0.3) is 0 Å². The molecule has 2 radical (unpaired) electrons. The maximum atomic E-state index is 5.61. The zero-order valence-corrected chi connectivity index (χ0v) is 6.54. The minimum Gasteiger partial charge on any atom is -0.350 e. The second kappa shape index (κ2) is 3.35. The van der Waals surface area contributed by atoms with Crippen molar-refractivity contribution in [3.8, 4) is 0 Å². The minimum absolute atomic E-state index is 0.0176. The second-order valence-corrected chi connectivity index (χ2v) is 2.70. The van der Waals surface area contributed by atoms with Gasteiger partial charge in [-0.3, -0.25) is 0 Å². The van der Waals surface area contributed by atoms with Crippen molar-refractivity contribution in [2.75, 3.05) is 6.61 Å². The first-order valence-electron chi connectivity index (χ1n) is 3.76. The van der Waals surface area contributed by atoms with Crippen molar-refractivity contribution in [3.05, 3.63) is 6.92 Å². The van der Waals surface area contributed by atoms with E-state index in [1.54, 1.807) is 0 Å². The zero-order valence-electron chi connectivity index (χ0n) is 6.54. The molecule has 1 heterocycles. The largest absolute Gasteiger partial charge is 0.350 e. The van der Waals surface area contributed by atoms with Crippen molar-refractivity contribution >= 4 is 0 Å². The highest BCUT2D eigenvalue weighted by atomic mass is 16.7. The van der Waals surface area contributed by atoms with Crippen LogP contribution < -0.4 is 0 Å². The number of rotatable bonds is 2. The summed E-state index contributed by atoms with van der Waals surface area (Å²) in [4.78, 5) is 0. The molecule has 0 saturated carbocycles. The van der Waals surface area contributed by atoms with E-state index in [0.29, 0.717) is 6.61 Å². The van der Waals surface area contributed by atoms with Crippen LogP contribution in [0, 0.1) is 12.8 Å². The fraction of sp³-hybridized carbons (Fsp3) is 0.875. The molecule has 2 heteroatoms. The van der Waals surface area contributed by atoms with Crippen LogP contribution in [0.3, 0.4) is 0 Å². The molecule has 58 valence electrons. The molecule has 2 nitrogen and oxygen atoms in total. The molecular formula is C8H14O2. The number of ether oxygens (including phenoxy) is 2. The molecule has 10 heavy (non-hydrogen) atoms. The van der Waals surface area contributed by atoms with Crippen LogP contribution in [-0.4, -0.2) is 19.0 Å². The van der Waals surface area contributed by atoms with Gasteiger partial charge in [-0.2, -0.15) is 0 Å². The Bertz CT molecular complexity index is 101. The van der Waals surface area contributed by atoms with Crippen LogP contribution in [0.5, 0.6) is 0 Å². The summed E-state index contributed by atoms with van der Waals surface area (Å²) in [6, 6.07) is 0. The molecule has 0 aliphatic carbocycles. The van der Waals surface area contributed by atoms with Crippen molar-refractivity contribution in [1.82, 2.24) is 0 Å². The molecule has 3 atom stereocenters. The van der Waals surface area contributed by atoms with Crippen LogP contribution >= 0.6 is 0 Å². The fourth-order valence-corrected chi connectivity index (χ4v) is 0.965. The van der Waals surface area contributed by atoms with E-state index in [0.717, 1.165) is 6.42 Å². The Kier molecular flexibility index (Phi) is 2.69. The Labute approximate surface area is 62.5 Å². The van der Waals surface area contributed by atoms with E-state index in [2.05, 4.69) is 0 Å². The normalized spacial score (nSPS) is 33.6. The summed E-state index contributed by atoms with van der Waals surface area (Å²) in [6.45, 7) is 10.2. The molecule has 0 bridgehead atoms. The quantitative estimate of drug-likeness (QED) is 0.581. The van der Waals surface area contributed by atoms with Gasteiger partial charge in [0.2, 0.25) is 0 Å². The number of hydrogen-bond acceptors (Lipinski definition) is 2. The van der Waals surface area contributed by atoms with Crippen LogP contribution in [-0.2, 0) is 9.47 Å². The molecule has 0 aromatic rings. The maximum Gasteiger partial charge on any atom is 0.157 e. The van der Waals surface area contributed by atoms with Gasteiger partial charge in [0.15, 0.2) is 6.29 Å². The van der Waals surface area contributed by atoms with Gasteiger partial charge in [0.1, 0.15) is 0 Å². The van der Waals surface area contributed by atoms with E-state index in [9.17, 15) is 0 Å². The molecule has 3 unspecified atom stereocenters. The lowest BCUT2D eigenvalue weighted by atomic mass is 10.1. The van der Waals surface area contributed by atoms with E-state index in [4.69, 9.17) is 16.4 Å². The van der Waals surface area contributed by atoms with Gasteiger partial charge in [-0.05, 0) is 19.3 Å². The molecule has 0 amide bonds. The smallest absolute Gasteiger partial charge is 0.157 e. The summed E-state index contributed by atoms with van der Waals surface area (Å²) >= 11 is 0. The van der Waals surface area contributed by atoms with Crippen LogP contribution in [0.2, 0.25) is 0 Å². The first-order valence-corrected chi connectivity index (χ1v) is 3.76. The molecule has 0 N–H and O–H groups in total. The summed E-state index contributed by atoms with van der Waals surface area (Å²) in [5.74, 6) is 0.0801. The van der Waals surface area contributed by atoms with Gasteiger partial charge in [0, 0.05) is 0 Å². The molecular weight excluding hydrogens is 128 g/mol. The average molecular weight is 142 g/mol. The summed E-state index contributed by atoms with van der Waals surface area (Å²) < 4.78 is 10.7. The predicted molar refractivity (Wildman–Crippen MR) is 38.4 cm³/mol. The van der Waals surface area contributed by atoms with E-state index in [1.165, 1.54) is 0 Å². The van der Waals surface area contributed by atoms with Gasteiger partial charge >= 0.3 is 0 Å². The van der Waals surface area contributed by atoms with Crippen LogP contribution in [0.15, 0.2) is 0 Å². The Morgan fingerprint density at radius 1 is 1.70 bits per heavy atom. The fourth-order valence-electron chi connectivity index (χ4n) is 0.965. The first kappa shape index (κ1) is 8.02. The maximum absolute atomic E-state index is 5.61. The summed E-state index contributed by atoms with van der Waals surface area (Å²) in [7, 11) is 0. The van der Waals surface area contributed by atoms with Crippen LogP contribution in [0.1, 0.15) is 20.3 Å². The highest BCUT2D eigenvalue weighted by Crippen LogP contribution is 2.19. The molecule has 1 fully saturated rings. The third kappa shape index (κ3) is 1.70. The van der Waals surface area contributed by atoms with Crippen LogP contribution in [0.25, 0.3) is 0 Å². The summed E-state index contributed by atoms with van der Waals surface area (Å²) in [5, 5.41) is 0. The number of hydrogen-bond donors (Lipinski definition) is 0. The lowest BCUT2D eigenvalue weighted by Crippen LogP contribution is -2.18. The monoisotopic (exact) mass is 142 g/mol. The highest BCUT2D eigenvalue weighted by Gasteiger charge is 2.26. The van der Waals surface area contributed by atoms with Gasteiger partial charge in [0.05, 0.1) is 12.7 Å². The van der Waals surface area contributed by atoms with Gasteiger partial charge < -0.3 is 9.47 Å². The van der Waals surface area contributed by atoms with Crippen molar-refractivity contribution in [1.29, 1.82) is 0 Å². The van der Waals surface area contributed by atoms with E-state index < -0.39 is 0 Å². The highest BCUT2D eigenvalue weighted by molar-refractivity contribution is 4.72. The third-order valence-electron chi connectivity index (χ3n) is 1.69. The Morgan fingerprint density at radius 3 is 2.70 bits per heavy atom. The van der Waals surface area contributed by atoms with Crippen molar-refractivity contribution < 1.29 is 9.47 Å². The molecule has 1 rings (SSSR count). The summed E-state index contributed by atoms with van der Waals surface area (Å²) in [6.07, 6.45) is 0.990. The van der Waals surface area contributed by atoms with Gasteiger partial charge in [-0.15, -0.1) is 0 Å². The van der Waals surface area contributed by atoms with E-state index in [-0.39, 0.29) is 18.3 Å². The van der Waals surface area contributed by atoms with Crippen molar-refractivity contribution in [3.63, 3.8) is 0 Å². The molecule has 0 spiro atoms. The lowest BCUT2D eigenvalue weighted by Gasteiger charge is -2.11. The lowest BCUT2D eigenvalue weighted by molar-refractivity contribution is -0.0637. The Balaban J connectivity index is 2.28. The molecule has 0 aromatic heterocycles. The third-order valence-corrected chi connectivity index (χ3v) is 1.69. The molecule has 1 aliphatic heterocycles. The van der Waals surface area contributed by atoms with Crippen molar-refractivity contribution in [2.24, 2.45) is 5.92 Å². The van der Waals surface area contributed by atoms with E-state index in [1.807, 2.05) is 13.8 Å². The first-order chi connectivity index (χ1) is 4.74. The predicted octanol–water partition coefficient (Wildman–Crippen LogP) is 1.49. The SMILES string of the molecule is [CH]C(C)C1COC(CC)O1. The second-order valence-electron chi connectivity index (χ2n) is 2.70. The standard InChI is InChI=1S/C8H14O2/c1-4-8-9-5-7(10-8)6(2)3/h2,6-8H,4-5H2,1,3H3. The molecule has 1 saturated heterocycles. The average Bonchev–Trinajstić information content (AvgIpc) is 2.34. The Morgan fingerprint density at radius 2 is 2.40 bits per heavy atom. The topological polar surface area (TPSA) is 18.5 Å². The molecule has 0 aromatic carbocycles. The zero-order chi connectivity index (χ0) is 7.56. The van der Waals surface area contributed by atoms with Gasteiger partial charge in [-0.25, -0.2) is 0 Å². The summed E-state index contributed by atoms with van der Waals surface area (Å²) in [5.41, 5.74) is 0. The minimum atomic E-state index is -0.0176. The van der Waals surface area contributed by atoms with Crippen LogP contribution in [0.4, 0.5) is 0 Å². The van der Waals surface area contributed by atoms with Gasteiger partial charge in [-0.1, -0.05) is 13.8 Å². The van der Waals surface area contributed by atoms with E-state index >= 15 is 0 Å². The molecule has 1 aliphatic rings. The van der Waals surface area contributed by atoms with Crippen molar-refractivity contribution in [2.45, 2.75) is 32.7 Å².